The molecule has 0 fully saturated rings. The Kier molecular flexibility index (Phi) is 8.63. The first kappa shape index (κ1) is 27.4. The number of anilines is 1. The fraction of sp³-hybridized carbons (Fsp3) is 0.0690. The lowest BCUT2D eigenvalue weighted by atomic mass is 10.1. The second kappa shape index (κ2) is 12.3. The Bertz CT molecular complexity index is 1470. The summed E-state index contributed by atoms with van der Waals surface area (Å²) in [5, 5.41) is 10.5. The molecule has 3 aromatic carbocycles. The molecule has 0 aliphatic rings. The van der Waals surface area contributed by atoms with Crippen LogP contribution in [0.25, 0.3) is 5.70 Å². The van der Waals surface area contributed by atoms with Gasteiger partial charge in [-0.2, -0.15) is 13.2 Å². The second-order valence-corrected chi connectivity index (χ2v) is 8.55. The molecule has 39 heavy (non-hydrogen) atoms. The Morgan fingerprint density at radius 2 is 1.59 bits per heavy atom. The standard InChI is InChI=1S/C29H21ClF3N3O3/c30-23-8-4-5-9-24(23)36-25(16-26(34)29(31,32)33)20-11-13-21(14-12-20)28(37)38-18-19-10-15-27(35-17-19)39-22-6-2-1-3-7-22/h1-17,34,36H,18H2/b25-16-,34-26?. The zero-order chi connectivity index (χ0) is 27.8. The zero-order valence-electron chi connectivity index (χ0n) is 20.2. The number of alkyl halides is 3. The minimum atomic E-state index is -4.84. The topological polar surface area (TPSA) is 84.3 Å². The van der Waals surface area contributed by atoms with E-state index in [9.17, 15) is 18.0 Å². The molecule has 2 N–H and O–H groups in total. The Hall–Kier alpha value is -4.63. The molecule has 4 rings (SSSR count). The Morgan fingerprint density at radius 3 is 2.23 bits per heavy atom. The molecule has 6 nitrogen and oxygen atoms in total. The Labute approximate surface area is 227 Å². The van der Waals surface area contributed by atoms with E-state index < -0.39 is 17.9 Å². The molecule has 1 heterocycles. The lowest BCUT2D eigenvalue weighted by Crippen LogP contribution is -2.20. The smallest absolute Gasteiger partial charge is 0.432 e. The van der Waals surface area contributed by atoms with Crippen molar-refractivity contribution in [2.75, 3.05) is 5.32 Å². The van der Waals surface area contributed by atoms with Gasteiger partial charge in [0.05, 0.1) is 16.3 Å². The summed E-state index contributed by atoms with van der Waals surface area (Å²) in [5.74, 6) is 0.404. The Balaban J connectivity index is 1.42. The number of benzene rings is 3. The number of nitrogens with zero attached hydrogens (tertiary/aromatic N) is 1. The summed E-state index contributed by atoms with van der Waals surface area (Å²) in [7, 11) is 0. The van der Waals surface area contributed by atoms with Crippen LogP contribution in [0, 0.1) is 5.41 Å². The highest BCUT2D eigenvalue weighted by Gasteiger charge is 2.33. The van der Waals surface area contributed by atoms with Gasteiger partial charge in [-0.3, -0.25) is 5.41 Å². The van der Waals surface area contributed by atoms with Crippen LogP contribution in [0.4, 0.5) is 18.9 Å². The first-order valence-electron chi connectivity index (χ1n) is 11.5. The monoisotopic (exact) mass is 551 g/mol. The average molecular weight is 552 g/mol. The van der Waals surface area contributed by atoms with Gasteiger partial charge in [0, 0.05) is 23.5 Å². The molecule has 0 spiro atoms. The maximum Gasteiger partial charge on any atom is 0.432 e. The van der Waals surface area contributed by atoms with Crippen LogP contribution in [0.3, 0.4) is 0 Å². The third-order valence-electron chi connectivity index (χ3n) is 5.30. The molecule has 0 saturated carbocycles. The first-order valence-corrected chi connectivity index (χ1v) is 11.9. The van der Waals surface area contributed by atoms with Gasteiger partial charge in [0.1, 0.15) is 18.1 Å². The van der Waals surface area contributed by atoms with Crippen LogP contribution < -0.4 is 10.1 Å². The number of aromatic nitrogens is 1. The maximum absolute atomic E-state index is 13.1. The highest BCUT2D eigenvalue weighted by molar-refractivity contribution is 6.33. The van der Waals surface area contributed by atoms with Gasteiger partial charge >= 0.3 is 12.1 Å². The highest BCUT2D eigenvalue weighted by Crippen LogP contribution is 2.28. The van der Waals surface area contributed by atoms with E-state index in [4.69, 9.17) is 26.5 Å². The summed E-state index contributed by atoms with van der Waals surface area (Å²) in [6.07, 6.45) is -2.64. The fourth-order valence-corrected chi connectivity index (χ4v) is 3.49. The number of rotatable bonds is 9. The van der Waals surface area contributed by atoms with Crippen LogP contribution >= 0.6 is 11.6 Å². The van der Waals surface area contributed by atoms with Crippen molar-refractivity contribution in [3.05, 3.63) is 125 Å². The molecular weight excluding hydrogens is 531 g/mol. The van der Waals surface area contributed by atoms with Crippen LogP contribution in [0.2, 0.25) is 5.02 Å². The summed E-state index contributed by atoms with van der Waals surface area (Å²) in [4.78, 5) is 16.8. The molecule has 198 valence electrons. The molecule has 0 atom stereocenters. The van der Waals surface area contributed by atoms with Crippen molar-refractivity contribution in [1.29, 1.82) is 5.41 Å². The number of allylic oxidation sites excluding steroid dienone is 1. The SMILES string of the molecule is N=C(/C=C(\Nc1ccccc1Cl)c1ccc(C(=O)OCc2ccc(Oc3ccccc3)nc2)cc1)C(F)(F)F. The minimum absolute atomic E-state index is 0.0192. The van der Waals surface area contributed by atoms with Crippen molar-refractivity contribution in [2.45, 2.75) is 12.8 Å². The normalized spacial score (nSPS) is 11.5. The number of halogens is 4. The molecular formula is C29H21ClF3N3O3. The first-order chi connectivity index (χ1) is 18.7. The molecule has 10 heteroatoms. The number of para-hydroxylation sites is 2. The van der Waals surface area contributed by atoms with Crippen molar-refractivity contribution in [2.24, 2.45) is 0 Å². The third kappa shape index (κ3) is 7.68. The zero-order valence-corrected chi connectivity index (χ0v) is 21.0. The Morgan fingerprint density at radius 1 is 0.923 bits per heavy atom. The van der Waals surface area contributed by atoms with Crippen LogP contribution in [0.1, 0.15) is 21.5 Å². The second-order valence-electron chi connectivity index (χ2n) is 8.15. The highest BCUT2D eigenvalue weighted by atomic mass is 35.5. The molecule has 1 aromatic heterocycles. The molecule has 0 aliphatic heterocycles. The molecule has 0 aliphatic carbocycles. The van der Waals surface area contributed by atoms with Crippen molar-refractivity contribution < 1.29 is 27.4 Å². The largest absolute Gasteiger partial charge is 0.457 e. The molecule has 4 aromatic rings. The molecule has 0 unspecified atom stereocenters. The lowest BCUT2D eigenvalue weighted by Gasteiger charge is -2.15. The van der Waals surface area contributed by atoms with Gasteiger partial charge in [-0.25, -0.2) is 9.78 Å². The van der Waals surface area contributed by atoms with E-state index in [1.165, 1.54) is 30.5 Å². The van der Waals surface area contributed by atoms with Gasteiger partial charge in [-0.15, -0.1) is 0 Å². The van der Waals surface area contributed by atoms with Gasteiger partial charge in [0.2, 0.25) is 5.88 Å². The lowest BCUT2D eigenvalue weighted by molar-refractivity contribution is -0.0583. The van der Waals surface area contributed by atoms with Gasteiger partial charge in [-0.05, 0) is 54.1 Å². The number of carbonyl (C=O) groups is 1. The van der Waals surface area contributed by atoms with E-state index >= 15 is 0 Å². The van der Waals surface area contributed by atoms with Gasteiger partial charge < -0.3 is 14.8 Å². The minimum Gasteiger partial charge on any atom is -0.457 e. The number of pyridine rings is 1. The van der Waals surface area contributed by atoms with Crippen LogP contribution in [0.15, 0.2) is 103 Å². The molecule has 0 radical (unpaired) electrons. The molecule has 0 saturated heterocycles. The predicted octanol–water partition coefficient (Wildman–Crippen LogP) is 7.92. The maximum atomic E-state index is 13.1. The summed E-state index contributed by atoms with van der Waals surface area (Å²) in [6.45, 7) is -0.0405. The van der Waals surface area contributed by atoms with Gasteiger partial charge in [0.25, 0.3) is 0 Å². The quantitative estimate of drug-likeness (QED) is 0.163. The van der Waals surface area contributed by atoms with E-state index in [1.807, 2.05) is 18.2 Å². The predicted molar refractivity (Wildman–Crippen MR) is 143 cm³/mol. The van der Waals surface area contributed by atoms with Crippen molar-refractivity contribution in [3.8, 4) is 11.6 Å². The van der Waals surface area contributed by atoms with Crippen molar-refractivity contribution in [1.82, 2.24) is 4.98 Å². The summed E-state index contributed by atoms with van der Waals surface area (Å²) < 4.78 is 50.2. The molecule has 0 amide bonds. The van der Waals surface area contributed by atoms with E-state index in [0.29, 0.717) is 34.5 Å². The average Bonchev–Trinajstić information content (AvgIpc) is 2.93. The van der Waals surface area contributed by atoms with Crippen LogP contribution in [-0.2, 0) is 11.3 Å². The number of ether oxygens (including phenoxy) is 2. The summed E-state index contributed by atoms with van der Waals surface area (Å²) in [5.41, 5.74) is -0.0705. The van der Waals surface area contributed by atoms with E-state index in [0.717, 1.165) is 0 Å². The third-order valence-corrected chi connectivity index (χ3v) is 5.63. The number of hydrogen-bond donors (Lipinski definition) is 2. The number of hydrogen-bond acceptors (Lipinski definition) is 6. The van der Waals surface area contributed by atoms with E-state index in [1.54, 1.807) is 48.5 Å². The summed E-state index contributed by atoms with van der Waals surface area (Å²) >= 11 is 6.14. The molecule has 0 bridgehead atoms. The van der Waals surface area contributed by atoms with Gasteiger partial charge in [-0.1, -0.05) is 54.1 Å². The number of carbonyl (C=O) groups excluding carboxylic acids is 1. The number of nitrogens with one attached hydrogen (secondary N) is 2. The van der Waals surface area contributed by atoms with Gasteiger partial charge in [0.15, 0.2) is 0 Å². The number of esters is 1. The van der Waals surface area contributed by atoms with Crippen LogP contribution in [0.5, 0.6) is 11.6 Å². The fourth-order valence-electron chi connectivity index (χ4n) is 3.31. The van der Waals surface area contributed by atoms with E-state index in [-0.39, 0.29) is 22.9 Å². The van der Waals surface area contributed by atoms with Crippen molar-refractivity contribution in [3.63, 3.8) is 0 Å². The van der Waals surface area contributed by atoms with E-state index in [2.05, 4.69) is 10.3 Å². The summed E-state index contributed by atoms with van der Waals surface area (Å²) in [6, 6.07) is 24.8. The van der Waals surface area contributed by atoms with Crippen LogP contribution in [-0.4, -0.2) is 22.8 Å². The van der Waals surface area contributed by atoms with Crippen molar-refractivity contribution >= 4 is 34.7 Å².